The van der Waals surface area contributed by atoms with E-state index >= 15 is 0 Å². The lowest BCUT2D eigenvalue weighted by atomic mass is 10.0. The molecule has 1 aliphatic heterocycles. The third kappa shape index (κ3) is 3.11. The molecular weight excluding hydrogens is 248 g/mol. The number of hydrogen-bond donors (Lipinski definition) is 1. The first-order chi connectivity index (χ1) is 9.81. The lowest BCUT2D eigenvalue weighted by Crippen LogP contribution is -2.47. The zero-order valence-corrected chi connectivity index (χ0v) is 11.8. The highest BCUT2D eigenvalue weighted by atomic mass is 16.5. The molecule has 1 fully saturated rings. The quantitative estimate of drug-likeness (QED) is 0.901. The standard InChI is InChI=1S/C17H20N2O/c1-19(13-14-11-18-12-14)15-7-9-17(10-8-15)20-16-5-3-2-4-6-16/h2-10,14,18H,11-13H2,1H3. The maximum atomic E-state index is 5.80. The third-order valence-electron chi connectivity index (χ3n) is 3.65. The summed E-state index contributed by atoms with van der Waals surface area (Å²) in [6.07, 6.45) is 0. The summed E-state index contributed by atoms with van der Waals surface area (Å²) in [5.41, 5.74) is 1.23. The van der Waals surface area contributed by atoms with Crippen molar-refractivity contribution >= 4 is 5.69 Å². The number of ether oxygens (including phenoxy) is 1. The molecule has 104 valence electrons. The summed E-state index contributed by atoms with van der Waals surface area (Å²) in [7, 11) is 2.14. The van der Waals surface area contributed by atoms with Crippen LogP contribution in [0, 0.1) is 5.92 Å². The fourth-order valence-corrected chi connectivity index (χ4v) is 2.36. The highest BCUT2D eigenvalue weighted by Crippen LogP contribution is 2.24. The fourth-order valence-electron chi connectivity index (χ4n) is 2.36. The number of anilines is 1. The number of rotatable bonds is 5. The predicted octanol–water partition coefficient (Wildman–Crippen LogP) is 3.13. The Morgan fingerprint density at radius 1 is 1.00 bits per heavy atom. The topological polar surface area (TPSA) is 24.5 Å². The van der Waals surface area contributed by atoms with Crippen LogP contribution in [0.15, 0.2) is 54.6 Å². The van der Waals surface area contributed by atoms with Crippen molar-refractivity contribution < 1.29 is 4.74 Å². The van der Waals surface area contributed by atoms with Gasteiger partial charge in [-0.1, -0.05) is 18.2 Å². The molecule has 3 nitrogen and oxygen atoms in total. The van der Waals surface area contributed by atoms with E-state index in [0.717, 1.165) is 37.1 Å². The monoisotopic (exact) mass is 268 g/mol. The predicted molar refractivity (Wildman–Crippen MR) is 82.6 cm³/mol. The maximum absolute atomic E-state index is 5.80. The van der Waals surface area contributed by atoms with Gasteiger partial charge >= 0.3 is 0 Å². The molecule has 1 heterocycles. The zero-order valence-electron chi connectivity index (χ0n) is 11.8. The van der Waals surface area contributed by atoms with Crippen molar-refractivity contribution in [1.29, 1.82) is 0 Å². The normalized spacial score (nSPS) is 14.7. The Bertz CT molecular complexity index is 535. The second kappa shape index (κ2) is 5.97. The maximum Gasteiger partial charge on any atom is 0.127 e. The van der Waals surface area contributed by atoms with Crippen LogP contribution in [-0.2, 0) is 0 Å². The summed E-state index contributed by atoms with van der Waals surface area (Å²) < 4.78 is 5.80. The molecule has 0 aromatic heterocycles. The van der Waals surface area contributed by atoms with Gasteiger partial charge in [-0.05, 0) is 36.4 Å². The SMILES string of the molecule is CN(CC1CNC1)c1ccc(Oc2ccccc2)cc1. The van der Waals surface area contributed by atoms with Gasteiger partial charge in [-0.15, -0.1) is 0 Å². The van der Waals surface area contributed by atoms with Gasteiger partial charge in [0.15, 0.2) is 0 Å². The Morgan fingerprint density at radius 3 is 2.25 bits per heavy atom. The van der Waals surface area contributed by atoms with Crippen LogP contribution in [0.5, 0.6) is 11.5 Å². The van der Waals surface area contributed by atoms with E-state index in [0.29, 0.717) is 0 Å². The Labute approximate surface area is 120 Å². The zero-order chi connectivity index (χ0) is 13.8. The van der Waals surface area contributed by atoms with Crippen molar-refractivity contribution in [2.75, 3.05) is 31.6 Å². The van der Waals surface area contributed by atoms with Crippen LogP contribution in [0.25, 0.3) is 0 Å². The van der Waals surface area contributed by atoms with Crippen LogP contribution < -0.4 is 15.0 Å². The molecule has 3 heteroatoms. The van der Waals surface area contributed by atoms with Crippen LogP contribution in [0.4, 0.5) is 5.69 Å². The summed E-state index contributed by atoms with van der Waals surface area (Å²) in [5.74, 6) is 2.52. The molecule has 2 aromatic rings. The van der Waals surface area contributed by atoms with Crippen LogP contribution in [-0.4, -0.2) is 26.7 Å². The minimum absolute atomic E-state index is 0.778. The minimum Gasteiger partial charge on any atom is -0.457 e. The van der Waals surface area contributed by atoms with E-state index in [-0.39, 0.29) is 0 Å². The fraction of sp³-hybridized carbons (Fsp3) is 0.294. The summed E-state index contributed by atoms with van der Waals surface area (Å²) in [5, 5.41) is 3.31. The molecule has 1 saturated heterocycles. The molecule has 0 unspecified atom stereocenters. The van der Waals surface area contributed by atoms with E-state index in [2.05, 4.69) is 29.4 Å². The molecular formula is C17H20N2O. The van der Waals surface area contributed by atoms with Gasteiger partial charge in [0.05, 0.1) is 0 Å². The van der Waals surface area contributed by atoms with Crippen molar-refractivity contribution in [3.63, 3.8) is 0 Å². The smallest absolute Gasteiger partial charge is 0.127 e. The number of hydrogen-bond acceptors (Lipinski definition) is 3. The van der Waals surface area contributed by atoms with E-state index in [4.69, 9.17) is 4.74 Å². The Morgan fingerprint density at radius 2 is 1.65 bits per heavy atom. The van der Waals surface area contributed by atoms with Gasteiger partial charge in [0.2, 0.25) is 0 Å². The highest BCUT2D eigenvalue weighted by molar-refractivity contribution is 5.49. The molecule has 0 bridgehead atoms. The molecule has 2 aromatic carbocycles. The third-order valence-corrected chi connectivity index (χ3v) is 3.65. The molecule has 0 atom stereocenters. The van der Waals surface area contributed by atoms with Crippen molar-refractivity contribution in [2.24, 2.45) is 5.92 Å². The molecule has 0 aliphatic carbocycles. The lowest BCUT2D eigenvalue weighted by molar-refractivity contribution is 0.353. The van der Waals surface area contributed by atoms with Gasteiger partial charge < -0.3 is 15.0 Å². The van der Waals surface area contributed by atoms with Crippen LogP contribution in [0.2, 0.25) is 0 Å². The van der Waals surface area contributed by atoms with E-state index in [1.807, 2.05) is 42.5 Å². The Hall–Kier alpha value is -2.00. The summed E-state index contributed by atoms with van der Waals surface area (Å²) in [6.45, 7) is 3.38. The second-order valence-corrected chi connectivity index (χ2v) is 5.31. The molecule has 3 rings (SSSR count). The molecule has 0 spiro atoms. The number of nitrogens with zero attached hydrogens (tertiary/aromatic N) is 1. The first-order valence-corrected chi connectivity index (χ1v) is 7.06. The van der Waals surface area contributed by atoms with E-state index in [1.54, 1.807) is 0 Å². The second-order valence-electron chi connectivity index (χ2n) is 5.31. The van der Waals surface area contributed by atoms with Crippen LogP contribution in [0.1, 0.15) is 0 Å². The molecule has 0 amide bonds. The lowest BCUT2D eigenvalue weighted by Gasteiger charge is -2.32. The number of para-hydroxylation sites is 1. The van der Waals surface area contributed by atoms with Crippen molar-refractivity contribution in [2.45, 2.75) is 0 Å². The van der Waals surface area contributed by atoms with Gasteiger partial charge in [0, 0.05) is 38.3 Å². The molecule has 20 heavy (non-hydrogen) atoms. The molecule has 1 aliphatic rings. The largest absolute Gasteiger partial charge is 0.457 e. The van der Waals surface area contributed by atoms with Crippen molar-refractivity contribution in [3.05, 3.63) is 54.6 Å². The van der Waals surface area contributed by atoms with E-state index in [9.17, 15) is 0 Å². The Kier molecular flexibility index (Phi) is 3.88. The van der Waals surface area contributed by atoms with Crippen molar-refractivity contribution in [1.82, 2.24) is 5.32 Å². The number of benzene rings is 2. The Balaban J connectivity index is 1.61. The first-order valence-electron chi connectivity index (χ1n) is 7.06. The van der Waals surface area contributed by atoms with Crippen LogP contribution in [0.3, 0.4) is 0 Å². The molecule has 1 N–H and O–H groups in total. The minimum atomic E-state index is 0.778. The van der Waals surface area contributed by atoms with Crippen molar-refractivity contribution in [3.8, 4) is 11.5 Å². The summed E-state index contributed by atoms with van der Waals surface area (Å²) in [4.78, 5) is 2.30. The number of nitrogens with one attached hydrogen (secondary N) is 1. The van der Waals surface area contributed by atoms with Crippen LogP contribution >= 0.6 is 0 Å². The summed E-state index contributed by atoms with van der Waals surface area (Å²) >= 11 is 0. The van der Waals surface area contributed by atoms with Gasteiger partial charge in [-0.3, -0.25) is 0 Å². The molecule has 0 saturated carbocycles. The van der Waals surface area contributed by atoms with E-state index in [1.165, 1.54) is 5.69 Å². The highest BCUT2D eigenvalue weighted by Gasteiger charge is 2.18. The first kappa shape index (κ1) is 13.0. The van der Waals surface area contributed by atoms with Gasteiger partial charge in [-0.2, -0.15) is 0 Å². The molecule has 0 radical (unpaired) electrons. The van der Waals surface area contributed by atoms with Gasteiger partial charge in [0.25, 0.3) is 0 Å². The van der Waals surface area contributed by atoms with E-state index < -0.39 is 0 Å². The average Bonchev–Trinajstić information content (AvgIpc) is 2.44. The summed E-state index contributed by atoms with van der Waals surface area (Å²) in [6, 6.07) is 18.1. The van der Waals surface area contributed by atoms with Gasteiger partial charge in [0.1, 0.15) is 11.5 Å². The van der Waals surface area contributed by atoms with Gasteiger partial charge in [-0.25, -0.2) is 0 Å². The average molecular weight is 268 g/mol.